The number of nitrogens with one attached hydrogen (secondary N) is 1. The van der Waals surface area contributed by atoms with Crippen molar-refractivity contribution in [3.63, 3.8) is 0 Å². The highest BCUT2D eigenvalue weighted by atomic mass is 16.5. The van der Waals surface area contributed by atoms with Gasteiger partial charge in [-0.25, -0.2) is 0 Å². The number of likely N-dealkylation sites (N-methyl/N-ethyl adjacent to an activating group) is 1. The average Bonchev–Trinajstić information content (AvgIpc) is 2.14. The lowest BCUT2D eigenvalue weighted by Crippen LogP contribution is -2.33. The molecule has 47 valence electrons. The quantitative estimate of drug-likeness (QED) is 0.504. The van der Waals surface area contributed by atoms with E-state index in [9.17, 15) is 0 Å². The third-order valence-corrected chi connectivity index (χ3v) is 1.26. The van der Waals surface area contributed by atoms with Crippen molar-refractivity contribution in [3.8, 4) is 0 Å². The normalized spacial score (nSPS) is 31.5. The molecule has 0 amide bonds. The summed E-state index contributed by atoms with van der Waals surface area (Å²) in [5, 5.41) is 3.10. The molecule has 0 spiro atoms. The molecule has 0 bridgehead atoms. The van der Waals surface area contributed by atoms with Gasteiger partial charge in [-0.2, -0.15) is 0 Å². The van der Waals surface area contributed by atoms with Gasteiger partial charge in [0.15, 0.2) is 6.35 Å². The van der Waals surface area contributed by atoms with E-state index in [-0.39, 0.29) is 6.35 Å². The molecule has 3 heteroatoms. The summed E-state index contributed by atoms with van der Waals surface area (Å²) in [6, 6.07) is 0. The predicted octanol–water partition coefficient (Wildman–Crippen LogP) is -0.387. The Bertz CT molecular complexity index is 76.8. The monoisotopic (exact) mass is 115 g/mol. The molecule has 8 heavy (non-hydrogen) atoms. The van der Waals surface area contributed by atoms with Crippen LogP contribution in [0.25, 0.3) is 0 Å². The molecule has 1 aliphatic rings. The van der Waals surface area contributed by atoms with Crippen molar-refractivity contribution in [1.82, 2.24) is 10.2 Å². The summed E-state index contributed by atoms with van der Waals surface area (Å²) >= 11 is 0. The summed E-state index contributed by atoms with van der Waals surface area (Å²) in [5.41, 5.74) is 0. The van der Waals surface area contributed by atoms with E-state index in [0.29, 0.717) is 0 Å². The molecule has 1 heterocycles. The van der Waals surface area contributed by atoms with Crippen LogP contribution in [0.15, 0.2) is 0 Å². The van der Waals surface area contributed by atoms with E-state index >= 15 is 0 Å². The maximum absolute atomic E-state index is 5.01. The van der Waals surface area contributed by atoms with Crippen molar-refractivity contribution in [2.75, 3.05) is 20.7 Å². The Morgan fingerprint density at radius 3 is 2.88 bits per heavy atom. The van der Waals surface area contributed by atoms with Gasteiger partial charge in [0.2, 0.25) is 0 Å². The summed E-state index contributed by atoms with van der Waals surface area (Å²) in [4.78, 5) is 2.00. The van der Waals surface area contributed by atoms with E-state index in [0.717, 1.165) is 6.54 Å². The molecule has 0 aromatic carbocycles. The first kappa shape index (κ1) is 6.01. The van der Waals surface area contributed by atoms with Gasteiger partial charge < -0.3 is 4.74 Å². The van der Waals surface area contributed by atoms with Crippen LogP contribution in [0.4, 0.5) is 0 Å². The molecule has 1 atom stereocenters. The van der Waals surface area contributed by atoms with Crippen molar-refractivity contribution in [2.24, 2.45) is 0 Å². The van der Waals surface area contributed by atoms with Crippen LogP contribution in [0.3, 0.4) is 0 Å². The zero-order chi connectivity index (χ0) is 5.98. The third-order valence-electron chi connectivity index (χ3n) is 1.26. The molecule has 1 aliphatic heterocycles. The van der Waals surface area contributed by atoms with Crippen molar-refractivity contribution in [3.05, 3.63) is 6.54 Å². The molecule has 1 saturated heterocycles. The van der Waals surface area contributed by atoms with Crippen molar-refractivity contribution in [1.29, 1.82) is 0 Å². The topological polar surface area (TPSA) is 24.5 Å². The van der Waals surface area contributed by atoms with Crippen molar-refractivity contribution >= 4 is 0 Å². The number of ether oxygens (including phenoxy) is 1. The Balaban J connectivity index is 2.30. The lowest BCUT2D eigenvalue weighted by molar-refractivity contribution is 0.00289. The van der Waals surface area contributed by atoms with Gasteiger partial charge >= 0.3 is 0 Å². The van der Waals surface area contributed by atoms with Crippen LogP contribution in [0.5, 0.6) is 0 Å². The first-order valence-corrected chi connectivity index (χ1v) is 2.66. The SMILES string of the molecule is COC1NC[CH]N1C. The lowest BCUT2D eigenvalue weighted by Gasteiger charge is -2.15. The first-order valence-electron chi connectivity index (χ1n) is 2.66. The zero-order valence-corrected chi connectivity index (χ0v) is 5.22. The van der Waals surface area contributed by atoms with Gasteiger partial charge in [-0.05, 0) is 7.05 Å². The summed E-state index contributed by atoms with van der Waals surface area (Å²) in [7, 11) is 3.67. The van der Waals surface area contributed by atoms with E-state index in [1.807, 2.05) is 18.5 Å². The van der Waals surface area contributed by atoms with Gasteiger partial charge in [-0.1, -0.05) is 0 Å². The minimum absolute atomic E-state index is 0.0926. The highest BCUT2D eigenvalue weighted by Crippen LogP contribution is 2.01. The Morgan fingerprint density at radius 1 is 1.88 bits per heavy atom. The molecule has 1 fully saturated rings. The van der Waals surface area contributed by atoms with Gasteiger partial charge in [-0.15, -0.1) is 0 Å². The van der Waals surface area contributed by atoms with Gasteiger partial charge in [0.25, 0.3) is 0 Å². The fourth-order valence-corrected chi connectivity index (χ4v) is 0.787. The molecular weight excluding hydrogens is 104 g/mol. The Morgan fingerprint density at radius 2 is 2.62 bits per heavy atom. The molecule has 1 rings (SSSR count). The fraction of sp³-hybridized carbons (Fsp3) is 0.800. The van der Waals surface area contributed by atoms with Crippen LogP contribution in [-0.2, 0) is 4.74 Å². The van der Waals surface area contributed by atoms with E-state index in [1.165, 1.54) is 0 Å². The Hall–Kier alpha value is -0.120. The summed E-state index contributed by atoms with van der Waals surface area (Å²) < 4.78 is 5.01. The van der Waals surface area contributed by atoms with Crippen LogP contribution < -0.4 is 5.32 Å². The van der Waals surface area contributed by atoms with Crippen LogP contribution in [0.1, 0.15) is 0 Å². The summed E-state index contributed by atoms with van der Waals surface area (Å²) in [6.07, 6.45) is 0.0926. The van der Waals surface area contributed by atoms with Crippen molar-refractivity contribution < 1.29 is 4.74 Å². The molecule has 0 aromatic heterocycles. The van der Waals surface area contributed by atoms with Gasteiger partial charge in [0, 0.05) is 20.2 Å². The standard InChI is InChI=1S/C5H11N2O/c1-7-4-3-6-5(7)8-2/h4-6H,3H2,1-2H3. The lowest BCUT2D eigenvalue weighted by atomic mass is 10.7. The third kappa shape index (κ3) is 0.992. The maximum atomic E-state index is 5.01. The minimum atomic E-state index is 0.0926. The Labute approximate surface area is 49.6 Å². The minimum Gasteiger partial charge on any atom is -0.353 e. The van der Waals surface area contributed by atoms with Crippen LogP contribution in [0.2, 0.25) is 0 Å². The second-order valence-electron chi connectivity index (χ2n) is 1.84. The predicted molar refractivity (Wildman–Crippen MR) is 30.9 cm³/mol. The van der Waals surface area contributed by atoms with Crippen LogP contribution in [0, 0.1) is 6.54 Å². The number of rotatable bonds is 1. The zero-order valence-electron chi connectivity index (χ0n) is 5.22. The van der Waals surface area contributed by atoms with Crippen LogP contribution in [-0.4, -0.2) is 32.0 Å². The molecule has 1 radical (unpaired) electrons. The molecule has 0 aromatic rings. The first-order chi connectivity index (χ1) is 3.84. The van der Waals surface area contributed by atoms with E-state index in [1.54, 1.807) is 7.11 Å². The largest absolute Gasteiger partial charge is 0.353 e. The Kier molecular flexibility index (Phi) is 1.83. The van der Waals surface area contributed by atoms with E-state index in [4.69, 9.17) is 4.74 Å². The molecule has 0 saturated carbocycles. The highest BCUT2D eigenvalue weighted by molar-refractivity contribution is 4.77. The fourth-order valence-electron chi connectivity index (χ4n) is 0.787. The van der Waals surface area contributed by atoms with Gasteiger partial charge in [0.05, 0.1) is 0 Å². The van der Waals surface area contributed by atoms with E-state index in [2.05, 4.69) is 5.32 Å². The van der Waals surface area contributed by atoms with Gasteiger partial charge in [0.1, 0.15) is 0 Å². The number of methoxy groups -OCH3 is 1. The van der Waals surface area contributed by atoms with Gasteiger partial charge in [-0.3, -0.25) is 10.2 Å². The molecule has 0 aliphatic carbocycles. The summed E-state index contributed by atoms with van der Waals surface area (Å²) in [5.74, 6) is 0. The molecular formula is C5H11N2O. The molecule has 3 nitrogen and oxygen atoms in total. The van der Waals surface area contributed by atoms with Crippen LogP contribution >= 0.6 is 0 Å². The molecule has 1 N–H and O–H groups in total. The maximum Gasteiger partial charge on any atom is 0.165 e. The number of nitrogens with zero attached hydrogens (tertiary/aromatic N) is 1. The average molecular weight is 115 g/mol. The summed E-state index contributed by atoms with van der Waals surface area (Å²) in [6.45, 7) is 2.96. The molecule has 1 unspecified atom stereocenters. The second-order valence-corrected chi connectivity index (χ2v) is 1.84. The number of hydrogen-bond donors (Lipinski definition) is 1. The second kappa shape index (κ2) is 2.44. The highest BCUT2D eigenvalue weighted by Gasteiger charge is 2.18. The van der Waals surface area contributed by atoms with E-state index < -0.39 is 0 Å². The number of hydrogen-bond acceptors (Lipinski definition) is 3. The smallest absolute Gasteiger partial charge is 0.165 e. The van der Waals surface area contributed by atoms with Crippen molar-refractivity contribution in [2.45, 2.75) is 6.35 Å².